The highest BCUT2D eigenvalue weighted by molar-refractivity contribution is 5.77. The van der Waals surface area contributed by atoms with Crippen molar-refractivity contribution in [2.45, 2.75) is 32.2 Å². The summed E-state index contributed by atoms with van der Waals surface area (Å²) in [6.45, 7) is 4.09. The van der Waals surface area contributed by atoms with Crippen LogP contribution in [0.2, 0.25) is 0 Å². The van der Waals surface area contributed by atoms with E-state index < -0.39 is 0 Å². The van der Waals surface area contributed by atoms with E-state index >= 15 is 0 Å². The maximum Gasteiger partial charge on any atom is 0.221 e. The minimum absolute atomic E-state index is 0.0210. The first-order chi connectivity index (χ1) is 12.1. The first kappa shape index (κ1) is 17.0. The van der Waals surface area contributed by atoms with Gasteiger partial charge in [-0.3, -0.25) is 4.79 Å². The highest BCUT2D eigenvalue weighted by atomic mass is 16.1. The second-order valence-electron chi connectivity index (χ2n) is 6.37. The fraction of sp³-hybridized carbons (Fsp3) is 0.238. The molecule has 0 aliphatic heterocycles. The van der Waals surface area contributed by atoms with Crippen LogP contribution in [-0.4, -0.2) is 15.5 Å². The summed E-state index contributed by atoms with van der Waals surface area (Å²) in [6, 6.07) is 18.3. The number of aromatic nitrogens is 2. The van der Waals surface area contributed by atoms with E-state index in [0.717, 1.165) is 11.3 Å². The van der Waals surface area contributed by atoms with Gasteiger partial charge in [-0.1, -0.05) is 49.4 Å². The summed E-state index contributed by atoms with van der Waals surface area (Å²) < 4.78 is 1.95. The zero-order valence-corrected chi connectivity index (χ0v) is 14.6. The van der Waals surface area contributed by atoms with E-state index in [0.29, 0.717) is 6.42 Å². The number of benzene rings is 2. The molecular formula is C21H23N3O. The summed E-state index contributed by atoms with van der Waals surface area (Å²) in [5.74, 6) is 0.277. The molecule has 4 heteroatoms. The van der Waals surface area contributed by atoms with Gasteiger partial charge in [0.25, 0.3) is 0 Å². The molecule has 4 nitrogen and oxygen atoms in total. The number of rotatable bonds is 6. The number of nitrogens with one attached hydrogen (secondary N) is 1. The summed E-state index contributed by atoms with van der Waals surface area (Å²) in [5, 5.41) is 3.09. The van der Waals surface area contributed by atoms with Gasteiger partial charge in [0.1, 0.15) is 0 Å². The monoisotopic (exact) mass is 333 g/mol. The average Bonchev–Trinajstić information content (AvgIpc) is 3.17. The van der Waals surface area contributed by atoms with Crippen LogP contribution in [0.25, 0.3) is 5.69 Å². The summed E-state index contributed by atoms with van der Waals surface area (Å²) >= 11 is 0. The zero-order chi connectivity index (χ0) is 17.6. The van der Waals surface area contributed by atoms with Gasteiger partial charge in [0.05, 0.1) is 12.4 Å². The first-order valence-electron chi connectivity index (χ1n) is 8.56. The Morgan fingerprint density at radius 3 is 2.40 bits per heavy atom. The van der Waals surface area contributed by atoms with E-state index in [9.17, 15) is 4.79 Å². The van der Waals surface area contributed by atoms with Crippen LogP contribution in [0, 0.1) is 0 Å². The van der Waals surface area contributed by atoms with Crippen molar-refractivity contribution in [3.05, 3.63) is 84.4 Å². The molecule has 3 rings (SSSR count). The summed E-state index contributed by atoms with van der Waals surface area (Å²) in [5.41, 5.74) is 3.33. The van der Waals surface area contributed by atoms with E-state index in [1.807, 2.05) is 60.2 Å². The highest BCUT2D eigenvalue weighted by Gasteiger charge is 2.14. The topological polar surface area (TPSA) is 46.9 Å². The Hall–Kier alpha value is -2.88. The number of hydrogen-bond donors (Lipinski definition) is 1. The van der Waals surface area contributed by atoms with Crippen LogP contribution in [0.15, 0.2) is 73.3 Å². The normalized spacial score (nSPS) is 13.2. The van der Waals surface area contributed by atoms with Crippen LogP contribution in [0.3, 0.4) is 0 Å². The molecule has 2 aromatic carbocycles. The molecule has 0 aliphatic rings. The Morgan fingerprint density at radius 1 is 1.04 bits per heavy atom. The minimum Gasteiger partial charge on any atom is -0.350 e. The van der Waals surface area contributed by atoms with Crippen LogP contribution in [-0.2, 0) is 4.79 Å². The smallest absolute Gasteiger partial charge is 0.221 e. The van der Waals surface area contributed by atoms with Crippen molar-refractivity contribution in [3.8, 4) is 5.69 Å². The van der Waals surface area contributed by atoms with Gasteiger partial charge in [-0.15, -0.1) is 0 Å². The molecule has 1 heterocycles. The standard InChI is InChI=1S/C21H23N3O/c1-16(18-6-4-3-5-7-18)14-21(25)23-17(2)19-8-10-20(11-9-19)24-13-12-22-15-24/h3-13,15-17H,14H2,1-2H3,(H,23,25)/t16-,17-/m0/s1. The Balaban J connectivity index is 1.58. The van der Waals surface area contributed by atoms with Crippen molar-refractivity contribution in [2.24, 2.45) is 0 Å². The predicted octanol–water partition coefficient (Wildman–Crippen LogP) is 4.24. The molecule has 0 fully saturated rings. The predicted molar refractivity (Wildman–Crippen MR) is 99.6 cm³/mol. The summed E-state index contributed by atoms with van der Waals surface area (Å²) in [4.78, 5) is 16.4. The van der Waals surface area contributed by atoms with Crippen LogP contribution < -0.4 is 5.32 Å². The third-order valence-corrected chi connectivity index (χ3v) is 4.43. The molecule has 1 amide bonds. The van der Waals surface area contributed by atoms with E-state index in [2.05, 4.69) is 29.4 Å². The van der Waals surface area contributed by atoms with Crippen LogP contribution in [0.4, 0.5) is 0 Å². The Bertz CT molecular complexity index is 795. The molecule has 1 aromatic heterocycles. The third-order valence-electron chi connectivity index (χ3n) is 4.43. The Labute approximate surface area is 148 Å². The SMILES string of the molecule is C[C@H](NC(=O)C[C@H](C)c1ccccc1)c1ccc(-n2ccnc2)cc1. The van der Waals surface area contributed by atoms with Gasteiger partial charge in [-0.2, -0.15) is 0 Å². The lowest BCUT2D eigenvalue weighted by Crippen LogP contribution is -2.27. The van der Waals surface area contributed by atoms with Crippen molar-refractivity contribution in [2.75, 3.05) is 0 Å². The molecule has 0 saturated carbocycles. The van der Waals surface area contributed by atoms with Gasteiger partial charge in [0.2, 0.25) is 5.91 Å². The van der Waals surface area contributed by atoms with Crippen molar-refractivity contribution < 1.29 is 4.79 Å². The fourth-order valence-corrected chi connectivity index (χ4v) is 2.91. The molecule has 3 aromatic rings. The summed E-state index contributed by atoms with van der Waals surface area (Å²) in [6.07, 6.45) is 5.92. The molecule has 0 unspecified atom stereocenters. The maximum absolute atomic E-state index is 12.3. The van der Waals surface area contributed by atoms with Crippen LogP contribution in [0.1, 0.15) is 43.4 Å². The largest absolute Gasteiger partial charge is 0.350 e. The van der Waals surface area contributed by atoms with Gasteiger partial charge < -0.3 is 9.88 Å². The van der Waals surface area contributed by atoms with Crippen molar-refractivity contribution in [1.29, 1.82) is 0 Å². The van der Waals surface area contributed by atoms with E-state index in [1.54, 1.807) is 12.5 Å². The van der Waals surface area contributed by atoms with E-state index in [1.165, 1.54) is 5.56 Å². The minimum atomic E-state index is -0.0210. The molecule has 1 N–H and O–H groups in total. The van der Waals surface area contributed by atoms with Gasteiger partial charge in [0.15, 0.2) is 0 Å². The van der Waals surface area contributed by atoms with Crippen molar-refractivity contribution in [1.82, 2.24) is 14.9 Å². The van der Waals surface area contributed by atoms with Crippen molar-refractivity contribution in [3.63, 3.8) is 0 Å². The molecule has 25 heavy (non-hydrogen) atoms. The Morgan fingerprint density at radius 2 is 1.76 bits per heavy atom. The average molecular weight is 333 g/mol. The second-order valence-corrected chi connectivity index (χ2v) is 6.37. The second kappa shape index (κ2) is 7.79. The molecule has 2 atom stereocenters. The maximum atomic E-state index is 12.3. The van der Waals surface area contributed by atoms with Gasteiger partial charge in [-0.05, 0) is 36.1 Å². The first-order valence-corrected chi connectivity index (χ1v) is 8.56. The lowest BCUT2D eigenvalue weighted by atomic mass is 9.97. The highest BCUT2D eigenvalue weighted by Crippen LogP contribution is 2.20. The molecule has 0 spiro atoms. The van der Waals surface area contributed by atoms with Gasteiger partial charge in [0, 0.05) is 24.5 Å². The lowest BCUT2D eigenvalue weighted by Gasteiger charge is -2.17. The quantitative estimate of drug-likeness (QED) is 0.733. The number of carbonyl (C=O) groups is 1. The zero-order valence-electron chi connectivity index (χ0n) is 14.6. The molecular weight excluding hydrogens is 310 g/mol. The number of nitrogens with zero attached hydrogens (tertiary/aromatic N) is 2. The lowest BCUT2D eigenvalue weighted by molar-refractivity contribution is -0.122. The fourth-order valence-electron chi connectivity index (χ4n) is 2.91. The number of amides is 1. The summed E-state index contributed by atoms with van der Waals surface area (Å²) in [7, 11) is 0. The Kier molecular flexibility index (Phi) is 5.29. The van der Waals surface area contributed by atoms with Gasteiger partial charge in [-0.25, -0.2) is 4.98 Å². The molecule has 0 bridgehead atoms. The van der Waals surface area contributed by atoms with E-state index in [-0.39, 0.29) is 17.9 Å². The third kappa shape index (κ3) is 4.35. The van der Waals surface area contributed by atoms with Gasteiger partial charge >= 0.3 is 0 Å². The molecule has 0 radical (unpaired) electrons. The molecule has 0 aliphatic carbocycles. The van der Waals surface area contributed by atoms with E-state index in [4.69, 9.17) is 0 Å². The van der Waals surface area contributed by atoms with Crippen molar-refractivity contribution >= 4 is 5.91 Å². The molecule has 128 valence electrons. The number of carbonyl (C=O) groups excluding carboxylic acids is 1. The van der Waals surface area contributed by atoms with Crippen LogP contribution in [0.5, 0.6) is 0 Å². The number of imidazole rings is 1. The van der Waals surface area contributed by atoms with Crippen LogP contribution >= 0.6 is 0 Å². The molecule has 0 saturated heterocycles. The number of hydrogen-bond acceptors (Lipinski definition) is 2.